The standard InChI is InChI=1S/C13H18N2O2/c1-9-4-3-7-15(9)10-5-6-12(14)11(8-10)13(16)17-2/h5-6,8-9H,3-4,7,14H2,1-2H3. The highest BCUT2D eigenvalue weighted by molar-refractivity contribution is 5.96. The van der Waals surface area contributed by atoms with Gasteiger partial charge < -0.3 is 15.4 Å². The number of anilines is 2. The van der Waals surface area contributed by atoms with Crippen molar-refractivity contribution in [1.82, 2.24) is 0 Å². The summed E-state index contributed by atoms with van der Waals surface area (Å²) in [6.45, 7) is 3.23. The van der Waals surface area contributed by atoms with Gasteiger partial charge in [-0.05, 0) is 38.0 Å². The zero-order chi connectivity index (χ0) is 12.4. The molecule has 0 bridgehead atoms. The quantitative estimate of drug-likeness (QED) is 0.628. The van der Waals surface area contributed by atoms with Gasteiger partial charge in [-0.1, -0.05) is 0 Å². The van der Waals surface area contributed by atoms with Crippen molar-refractivity contribution in [3.63, 3.8) is 0 Å². The minimum atomic E-state index is -0.379. The summed E-state index contributed by atoms with van der Waals surface area (Å²) in [6, 6.07) is 6.07. The van der Waals surface area contributed by atoms with Crippen molar-refractivity contribution < 1.29 is 9.53 Å². The first kappa shape index (κ1) is 11.8. The van der Waals surface area contributed by atoms with Crippen LogP contribution in [0.2, 0.25) is 0 Å². The van der Waals surface area contributed by atoms with Gasteiger partial charge in [0.1, 0.15) is 0 Å². The summed E-state index contributed by atoms with van der Waals surface area (Å²) >= 11 is 0. The number of nitrogens with zero attached hydrogens (tertiary/aromatic N) is 1. The van der Waals surface area contributed by atoms with Crippen LogP contribution < -0.4 is 10.6 Å². The van der Waals surface area contributed by atoms with Gasteiger partial charge in [0.05, 0.1) is 12.7 Å². The van der Waals surface area contributed by atoms with E-state index < -0.39 is 0 Å². The van der Waals surface area contributed by atoms with Gasteiger partial charge in [0.15, 0.2) is 0 Å². The number of hydrogen-bond acceptors (Lipinski definition) is 4. The number of methoxy groups -OCH3 is 1. The summed E-state index contributed by atoms with van der Waals surface area (Å²) in [6.07, 6.45) is 2.39. The molecule has 0 saturated carbocycles. The molecular formula is C13H18N2O2. The molecule has 1 aliphatic heterocycles. The number of hydrogen-bond donors (Lipinski definition) is 1. The number of rotatable bonds is 2. The van der Waals surface area contributed by atoms with Crippen molar-refractivity contribution in [3.8, 4) is 0 Å². The monoisotopic (exact) mass is 234 g/mol. The highest BCUT2D eigenvalue weighted by Crippen LogP contribution is 2.28. The van der Waals surface area contributed by atoms with Crippen molar-refractivity contribution in [2.24, 2.45) is 0 Å². The zero-order valence-corrected chi connectivity index (χ0v) is 10.3. The maximum absolute atomic E-state index is 11.6. The Hall–Kier alpha value is -1.71. The molecule has 4 nitrogen and oxygen atoms in total. The van der Waals surface area contributed by atoms with E-state index in [4.69, 9.17) is 10.5 Å². The number of carbonyl (C=O) groups is 1. The molecule has 0 aromatic heterocycles. The fourth-order valence-corrected chi connectivity index (χ4v) is 2.33. The molecule has 0 radical (unpaired) electrons. The van der Waals surface area contributed by atoms with Crippen LogP contribution in [0.3, 0.4) is 0 Å². The van der Waals surface area contributed by atoms with Gasteiger partial charge in [0, 0.05) is 24.0 Å². The van der Waals surface area contributed by atoms with E-state index in [9.17, 15) is 4.79 Å². The third kappa shape index (κ3) is 2.20. The summed E-state index contributed by atoms with van der Waals surface area (Å²) < 4.78 is 4.72. The number of ether oxygens (including phenoxy) is 1. The molecule has 1 heterocycles. The van der Waals surface area contributed by atoms with Gasteiger partial charge in [0.25, 0.3) is 0 Å². The Morgan fingerprint density at radius 1 is 1.53 bits per heavy atom. The average molecular weight is 234 g/mol. The Morgan fingerprint density at radius 3 is 2.88 bits per heavy atom. The largest absolute Gasteiger partial charge is 0.465 e. The lowest BCUT2D eigenvalue weighted by Crippen LogP contribution is -2.26. The van der Waals surface area contributed by atoms with Gasteiger partial charge in [-0.2, -0.15) is 0 Å². The van der Waals surface area contributed by atoms with Crippen molar-refractivity contribution in [2.75, 3.05) is 24.3 Å². The van der Waals surface area contributed by atoms with E-state index in [2.05, 4.69) is 11.8 Å². The van der Waals surface area contributed by atoms with Crippen molar-refractivity contribution >= 4 is 17.3 Å². The lowest BCUT2D eigenvalue weighted by molar-refractivity contribution is 0.0602. The lowest BCUT2D eigenvalue weighted by Gasteiger charge is -2.24. The number of benzene rings is 1. The Labute approximate surface area is 101 Å². The van der Waals surface area contributed by atoms with Crippen molar-refractivity contribution in [3.05, 3.63) is 23.8 Å². The van der Waals surface area contributed by atoms with Crippen LogP contribution >= 0.6 is 0 Å². The minimum absolute atomic E-state index is 0.379. The summed E-state index contributed by atoms with van der Waals surface area (Å²) in [7, 11) is 1.37. The zero-order valence-electron chi connectivity index (χ0n) is 10.3. The van der Waals surface area contributed by atoms with E-state index in [0.29, 0.717) is 17.3 Å². The molecule has 2 rings (SSSR count). The summed E-state index contributed by atoms with van der Waals surface area (Å²) in [5, 5.41) is 0. The molecule has 1 fully saturated rings. The SMILES string of the molecule is COC(=O)c1cc(N2CCCC2C)ccc1N. The highest BCUT2D eigenvalue weighted by Gasteiger charge is 2.22. The number of esters is 1. The van der Waals surface area contributed by atoms with Crippen LogP contribution in [0.25, 0.3) is 0 Å². The third-order valence-corrected chi connectivity index (χ3v) is 3.33. The fourth-order valence-electron chi connectivity index (χ4n) is 2.33. The first-order chi connectivity index (χ1) is 8.13. The van der Waals surface area contributed by atoms with Crippen LogP contribution in [-0.4, -0.2) is 25.7 Å². The lowest BCUT2D eigenvalue weighted by atomic mass is 10.1. The second-order valence-corrected chi connectivity index (χ2v) is 4.45. The van der Waals surface area contributed by atoms with Crippen LogP contribution in [0.5, 0.6) is 0 Å². The van der Waals surface area contributed by atoms with Gasteiger partial charge in [-0.3, -0.25) is 0 Å². The van der Waals surface area contributed by atoms with E-state index in [1.165, 1.54) is 20.0 Å². The Kier molecular flexibility index (Phi) is 3.22. The van der Waals surface area contributed by atoms with E-state index in [-0.39, 0.29) is 5.97 Å². The summed E-state index contributed by atoms with van der Waals surface area (Å²) in [5.74, 6) is -0.379. The summed E-state index contributed by atoms with van der Waals surface area (Å²) in [4.78, 5) is 13.9. The molecule has 0 aliphatic carbocycles. The predicted octanol–water partition coefficient (Wildman–Crippen LogP) is 2.04. The van der Waals surface area contributed by atoms with Crippen molar-refractivity contribution in [2.45, 2.75) is 25.8 Å². The van der Waals surface area contributed by atoms with Gasteiger partial charge >= 0.3 is 5.97 Å². The van der Waals surface area contributed by atoms with E-state index in [1.54, 1.807) is 6.07 Å². The normalized spacial score (nSPS) is 19.4. The third-order valence-electron chi connectivity index (χ3n) is 3.33. The van der Waals surface area contributed by atoms with Crippen LogP contribution in [0.15, 0.2) is 18.2 Å². The smallest absolute Gasteiger partial charge is 0.340 e. The van der Waals surface area contributed by atoms with Crippen LogP contribution in [0, 0.1) is 0 Å². The first-order valence-electron chi connectivity index (χ1n) is 5.88. The molecule has 92 valence electrons. The molecule has 1 saturated heterocycles. The van der Waals surface area contributed by atoms with E-state index in [1.807, 2.05) is 12.1 Å². The first-order valence-corrected chi connectivity index (χ1v) is 5.88. The van der Waals surface area contributed by atoms with Crippen LogP contribution in [0.1, 0.15) is 30.1 Å². The van der Waals surface area contributed by atoms with Gasteiger partial charge in [-0.25, -0.2) is 4.79 Å². The van der Waals surface area contributed by atoms with Crippen LogP contribution in [-0.2, 0) is 4.74 Å². The number of carbonyl (C=O) groups excluding carboxylic acids is 1. The number of nitrogens with two attached hydrogens (primary N) is 1. The van der Waals surface area contributed by atoms with Gasteiger partial charge in [-0.15, -0.1) is 0 Å². The van der Waals surface area contributed by atoms with Crippen molar-refractivity contribution in [1.29, 1.82) is 0 Å². The molecule has 17 heavy (non-hydrogen) atoms. The maximum Gasteiger partial charge on any atom is 0.340 e. The number of nitrogen functional groups attached to an aromatic ring is 1. The topological polar surface area (TPSA) is 55.6 Å². The molecule has 1 aromatic carbocycles. The molecule has 0 amide bonds. The highest BCUT2D eigenvalue weighted by atomic mass is 16.5. The molecule has 1 atom stereocenters. The Morgan fingerprint density at radius 2 is 2.29 bits per heavy atom. The van der Waals surface area contributed by atoms with Gasteiger partial charge in [0.2, 0.25) is 0 Å². The predicted molar refractivity (Wildman–Crippen MR) is 68.2 cm³/mol. The fraction of sp³-hybridized carbons (Fsp3) is 0.462. The van der Waals surface area contributed by atoms with E-state index >= 15 is 0 Å². The molecule has 2 N–H and O–H groups in total. The van der Waals surface area contributed by atoms with E-state index in [0.717, 1.165) is 12.2 Å². The molecule has 0 spiro atoms. The second kappa shape index (κ2) is 4.65. The molecule has 1 aromatic rings. The second-order valence-electron chi connectivity index (χ2n) is 4.45. The maximum atomic E-state index is 11.6. The molecular weight excluding hydrogens is 216 g/mol. The molecule has 1 aliphatic rings. The minimum Gasteiger partial charge on any atom is -0.465 e. The molecule has 4 heteroatoms. The Bertz CT molecular complexity index is 431. The summed E-state index contributed by atoms with van der Waals surface area (Å²) in [5.41, 5.74) is 7.74. The Balaban J connectivity index is 2.33. The molecule has 1 unspecified atom stereocenters. The van der Waals surface area contributed by atoms with Crippen LogP contribution in [0.4, 0.5) is 11.4 Å². The average Bonchev–Trinajstić information content (AvgIpc) is 2.75.